The maximum absolute atomic E-state index is 13.1. The molecule has 7 heteroatoms. The van der Waals surface area contributed by atoms with Gasteiger partial charge in [0.25, 0.3) is 5.91 Å². The highest BCUT2D eigenvalue weighted by molar-refractivity contribution is 6.21. The topological polar surface area (TPSA) is 58.4 Å². The fourth-order valence-electron chi connectivity index (χ4n) is 3.90. The van der Waals surface area contributed by atoms with Crippen molar-refractivity contribution in [3.8, 4) is 0 Å². The van der Waals surface area contributed by atoms with Crippen LogP contribution in [0.15, 0.2) is 60.9 Å². The Morgan fingerprint density at radius 1 is 1.04 bits per heavy atom. The maximum Gasteiger partial charge on any atom is 0.332 e. The van der Waals surface area contributed by atoms with Gasteiger partial charge in [-0.05, 0) is 29.8 Å². The average molecular weight is 376 g/mol. The second-order valence-electron chi connectivity index (χ2n) is 7.03. The van der Waals surface area contributed by atoms with Crippen LogP contribution < -0.4 is 4.90 Å². The fraction of sp³-hybridized carbons (Fsp3) is 0.190. The highest BCUT2D eigenvalue weighted by Crippen LogP contribution is 2.32. The number of imidazole rings is 1. The lowest BCUT2D eigenvalue weighted by molar-refractivity contribution is -0.120. The van der Waals surface area contributed by atoms with Crippen molar-refractivity contribution in [2.45, 2.75) is 25.6 Å². The molecule has 3 heterocycles. The summed E-state index contributed by atoms with van der Waals surface area (Å²) in [6.07, 6.45) is 2.12. The van der Waals surface area contributed by atoms with Gasteiger partial charge in [-0.3, -0.25) is 4.79 Å². The molecular formula is C21H17FN4O2. The van der Waals surface area contributed by atoms with Gasteiger partial charge in [-0.15, -0.1) is 0 Å². The molecule has 0 saturated carbocycles. The first-order valence-corrected chi connectivity index (χ1v) is 9.09. The first-order chi connectivity index (χ1) is 13.6. The van der Waals surface area contributed by atoms with Crippen LogP contribution in [0, 0.1) is 5.82 Å². The van der Waals surface area contributed by atoms with Gasteiger partial charge in [-0.1, -0.05) is 30.3 Å². The van der Waals surface area contributed by atoms with Crippen LogP contribution in [0.3, 0.4) is 0 Å². The summed E-state index contributed by atoms with van der Waals surface area (Å²) in [5, 5.41) is 0. The second kappa shape index (κ2) is 6.30. The molecule has 5 rings (SSSR count). The summed E-state index contributed by atoms with van der Waals surface area (Å²) in [6.45, 7) is 0.862. The van der Waals surface area contributed by atoms with E-state index in [-0.39, 0.29) is 17.8 Å². The van der Waals surface area contributed by atoms with Crippen LogP contribution in [-0.2, 0) is 24.3 Å². The summed E-state index contributed by atoms with van der Waals surface area (Å²) < 4.78 is 15.1. The first kappa shape index (κ1) is 16.7. The zero-order valence-corrected chi connectivity index (χ0v) is 15.0. The van der Waals surface area contributed by atoms with Crippen molar-refractivity contribution in [2.75, 3.05) is 4.90 Å². The van der Waals surface area contributed by atoms with Crippen LogP contribution in [-0.4, -0.2) is 32.4 Å². The molecule has 1 atom stereocenters. The Bertz CT molecular complexity index is 1060. The summed E-state index contributed by atoms with van der Waals surface area (Å²) in [6, 6.07) is 14.5. The van der Waals surface area contributed by atoms with Gasteiger partial charge < -0.3 is 9.47 Å². The molecule has 0 aliphatic carbocycles. The van der Waals surface area contributed by atoms with Gasteiger partial charge in [0.1, 0.15) is 11.9 Å². The first-order valence-electron chi connectivity index (χ1n) is 9.09. The van der Waals surface area contributed by atoms with Crippen molar-refractivity contribution in [1.29, 1.82) is 0 Å². The molecule has 2 aromatic carbocycles. The number of carbonyl (C=O) groups excluding carboxylic acids is 2. The number of para-hydroxylation sites is 1. The highest BCUT2D eigenvalue weighted by atomic mass is 19.1. The van der Waals surface area contributed by atoms with E-state index in [1.807, 2.05) is 10.6 Å². The van der Waals surface area contributed by atoms with Gasteiger partial charge in [-0.2, -0.15) is 0 Å². The number of amides is 3. The number of aromatic nitrogens is 2. The molecule has 0 radical (unpaired) electrons. The van der Waals surface area contributed by atoms with Crippen molar-refractivity contribution in [3.05, 3.63) is 83.7 Å². The van der Waals surface area contributed by atoms with Gasteiger partial charge in [0.05, 0.1) is 29.9 Å². The molecular weight excluding hydrogens is 359 g/mol. The quantitative estimate of drug-likeness (QED) is 0.661. The van der Waals surface area contributed by atoms with Crippen LogP contribution in [0.1, 0.15) is 17.0 Å². The number of hydrogen-bond acceptors (Lipinski definition) is 3. The standard InChI is InChI=1S/C21H17FN4O2/c22-15-8-6-14(7-9-15)11-24-13-23-17-10-18-20(27)26(16-4-2-1-3-5-16)21(28)25(18)12-19(17)24/h1-9,13,18H,10-12H2. The highest BCUT2D eigenvalue weighted by Gasteiger charge is 2.48. The van der Waals surface area contributed by atoms with Gasteiger partial charge in [-0.25, -0.2) is 19.1 Å². The van der Waals surface area contributed by atoms with E-state index in [9.17, 15) is 14.0 Å². The molecule has 6 nitrogen and oxygen atoms in total. The molecule has 1 fully saturated rings. The number of rotatable bonds is 3. The molecule has 3 amide bonds. The molecule has 1 unspecified atom stereocenters. The average Bonchev–Trinajstić information content (AvgIpc) is 3.21. The minimum Gasteiger partial charge on any atom is -0.328 e. The SMILES string of the molecule is O=C1C2Cc3ncn(Cc4ccc(F)cc4)c3CN2C(=O)N1c1ccccc1. The molecule has 0 N–H and O–H groups in total. The number of carbonyl (C=O) groups is 2. The van der Waals surface area contributed by atoms with Gasteiger partial charge >= 0.3 is 6.03 Å². The predicted octanol–water partition coefficient (Wildman–Crippen LogP) is 2.96. The third-order valence-corrected chi connectivity index (χ3v) is 5.34. The number of nitrogens with zero attached hydrogens (tertiary/aromatic N) is 4. The number of hydrogen-bond donors (Lipinski definition) is 0. The van der Waals surface area contributed by atoms with Crippen LogP contribution in [0.4, 0.5) is 14.9 Å². The molecule has 2 aliphatic heterocycles. The predicted molar refractivity (Wildman–Crippen MR) is 100 cm³/mol. The van der Waals surface area contributed by atoms with Crippen molar-refractivity contribution in [1.82, 2.24) is 14.5 Å². The number of urea groups is 1. The summed E-state index contributed by atoms with van der Waals surface area (Å²) in [4.78, 5) is 33.2. The monoisotopic (exact) mass is 376 g/mol. The lowest BCUT2D eigenvalue weighted by Crippen LogP contribution is -2.40. The van der Waals surface area contributed by atoms with Crippen LogP contribution in [0.25, 0.3) is 0 Å². The van der Waals surface area contributed by atoms with Crippen molar-refractivity contribution < 1.29 is 14.0 Å². The summed E-state index contributed by atoms with van der Waals surface area (Å²) in [5.74, 6) is -0.489. The maximum atomic E-state index is 13.1. The number of anilines is 1. The van der Waals surface area contributed by atoms with E-state index in [0.29, 0.717) is 25.2 Å². The Kier molecular flexibility index (Phi) is 3.75. The zero-order chi connectivity index (χ0) is 19.3. The van der Waals surface area contributed by atoms with E-state index in [1.54, 1.807) is 47.6 Å². The molecule has 0 bridgehead atoms. The Hall–Kier alpha value is -3.48. The minimum absolute atomic E-state index is 0.213. The van der Waals surface area contributed by atoms with Gasteiger partial charge in [0, 0.05) is 13.0 Å². The molecule has 2 aliphatic rings. The molecule has 0 spiro atoms. The van der Waals surface area contributed by atoms with Crippen LogP contribution in [0.5, 0.6) is 0 Å². The van der Waals surface area contributed by atoms with Crippen molar-refractivity contribution in [2.24, 2.45) is 0 Å². The molecule has 140 valence electrons. The lowest BCUT2D eigenvalue weighted by atomic mass is 10.0. The van der Waals surface area contributed by atoms with E-state index >= 15 is 0 Å². The summed E-state index contributed by atoms with van der Waals surface area (Å²) >= 11 is 0. The molecule has 1 saturated heterocycles. The van der Waals surface area contributed by atoms with Gasteiger partial charge in [0.15, 0.2) is 0 Å². The van der Waals surface area contributed by atoms with E-state index in [4.69, 9.17) is 0 Å². The van der Waals surface area contributed by atoms with Gasteiger partial charge in [0.2, 0.25) is 0 Å². The lowest BCUT2D eigenvalue weighted by Gasteiger charge is -2.27. The molecule has 3 aromatic rings. The smallest absolute Gasteiger partial charge is 0.328 e. The number of halogens is 1. The minimum atomic E-state index is -0.519. The zero-order valence-electron chi connectivity index (χ0n) is 15.0. The Morgan fingerprint density at radius 3 is 2.54 bits per heavy atom. The second-order valence-corrected chi connectivity index (χ2v) is 7.03. The molecule has 28 heavy (non-hydrogen) atoms. The Balaban J connectivity index is 1.43. The summed E-state index contributed by atoms with van der Waals surface area (Å²) in [7, 11) is 0. The van der Waals surface area contributed by atoms with E-state index in [0.717, 1.165) is 17.0 Å². The number of fused-ring (bicyclic) bond motifs is 2. The van der Waals surface area contributed by atoms with E-state index < -0.39 is 6.04 Å². The molecule has 1 aromatic heterocycles. The van der Waals surface area contributed by atoms with Crippen LogP contribution >= 0.6 is 0 Å². The Morgan fingerprint density at radius 2 is 1.79 bits per heavy atom. The van der Waals surface area contributed by atoms with Crippen LogP contribution in [0.2, 0.25) is 0 Å². The number of benzene rings is 2. The third-order valence-electron chi connectivity index (χ3n) is 5.34. The van der Waals surface area contributed by atoms with E-state index in [2.05, 4.69) is 4.98 Å². The Labute approximate surface area is 160 Å². The van der Waals surface area contributed by atoms with Crippen molar-refractivity contribution in [3.63, 3.8) is 0 Å². The third kappa shape index (κ3) is 2.58. The van der Waals surface area contributed by atoms with E-state index in [1.165, 1.54) is 17.0 Å². The largest absolute Gasteiger partial charge is 0.332 e. The van der Waals surface area contributed by atoms with Crippen molar-refractivity contribution >= 4 is 17.6 Å². The number of imide groups is 1. The normalized spacial score (nSPS) is 18.4. The summed E-state index contributed by atoms with van der Waals surface area (Å²) in [5.41, 5.74) is 3.27. The fourth-order valence-corrected chi connectivity index (χ4v) is 3.90.